The van der Waals surface area contributed by atoms with Gasteiger partial charge in [-0.25, -0.2) is 0 Å². The number of piperidine rings is 1. The molecule has 0 aromatic heterocycles. The molecular formula is C14H18F3N. The number of halogens is 3. The molecule has 1 aromatic carbocycles. The van der Waals surface area contributed by atoms with Crippen LogP contribution in [-0.4, -0.2) is 13.1 Å². The number of hydrogen-bond acceptors (Lipinski definition) is 1. The van der Waals surface area contributed by atoms with Crippen LogP contribution >= 0.6 is 0 Å². The van der Waals surface area contributed by atoms with Crippen molar-refractivity contribution < 1.29 is 13.2 Å². The molecule has 0 spiro atoms. The quantitative estimate of drug-likeness (QED) is 0.808. The topological polar surface area (TPSA) is 12.0 Å². The summed E-state index contributed by atoms with van der Waals surface area (Å²) >= 11 is 0. The summed E-state index contributed by atoms with van der Waals surface area (Å²) in [5, 5.41) is 3.27. The van der Waals surface area contributed by atoms with Gasteiger partial charge in [-0.05, 0) is 55.5 Å². The predicted octanol–water partition coefficient (Wildman–Crippen LogP) is 3.73. The minimum absolute atomic E-state index is 0.230. The molecule has 100 valence electrons. The molecule has 0 unspecified atom stereocenters. The Morgan fingerprint density at radius 2 is 2.00 bits per heavy atom. The van der Waals surface area contributed by atoms with Crippen LogP contribution in [0, 0.1) is 12.8 Å². The molecule has 0 saturated carbocycles. The number of nitrogens with one attached hydrogen (secondary N) is 1. The average Bonchev–Trinajstić information content (AvgIpc) is 2.29. The van der Waals surface area contributed by atoms with E-state index < -0.39 is 11.7 Å². The maximum absolute atomic E-state index is 12.9. The zero-order valence-electron chi connectivity index (χ0n) is 10.6. The highest BCUT2D eigenvalue weighted by Crippen LogP contribution is 2.36. The third kappa shape index (κ3) is 2.69. The van der Waals surface area contributed by atoms with E-state index >= 15 is 0 Å². The predicted molar refractivity (Wildman–Crippen MR) is 65.6 cm³/mol. The van der Waals surface area contributed by atoms with Crippen LogP contribution in [0.4, 0.5) is 13.2 Å². The van der Waals surface area contributed by atoms with Gasteiger partial charge in [-0.15, -0.1) is 0 Å². The molecule has 0 amide bonds. The standard InChI is InChI=1S/C14H18F3N/c1-9-3-4-11(7-13(9)14(15,16)17)12-5-6-18-8-10(12)2/h3-4,7,10,12,18H,5-6,8H2,1-2H3/t10-,12+/m0/s1. The van der Waals surface area contributed by atoms with Crippen molar-refractivity contribution in [2.45, 2.75) is 32.4 Å². The largest absolute Gasteiger partial charge is 0.416 e. The van der Waals surface area contributed by atoms with Crippen molar-refractivity contribution >= 4 is 0 Å². The molecule has 1 aliphatic rings. The van der Waals surface area contributed by atoms with Crippen molar-refractivity contribution in [1.82, 2.24) is 5.32 Å². The van der Waals surface area contributed by atoms with Gasteiger partial charge in [0, 0.05) is 0 Å². The van der Waals surface area contributed by atoms with Crippen molar-refractivity contribution in [3.05, 3.63) is 34.9 Å². The lowest BCUT2D eigenvalue weighted by Crippen LogP contribution is -2.33. The lowest BCUT2D eigenvalue weighted by molar-refractivity contribution is -0.138. The number of aryl methyl sites for hydroxylation is 1. The maximum atomic E-state index is 12.9. The zero-order valence-corrected chi connectivity index (χ0v) is 10.6. The molecule has 2 rings (SSSR count). The first kappa shape index (κ1) is 13.4. The lowest BCUT2D eigenvalue weighted by Gasteiger charge is -2.30. The van der Waals surface area contributed by atoms with E-state index in [1.807, 2.05) is 6.07 Å². The van der Waals surface area contributed by atoms with E-state index in [0.29, 0.717) is 11.5 Å². The van der Waals surface area contributed by atoms with Crippen LogP contribution in [-0.2, 0) is 6.18 Å². The molecule has 18 heavy (non-hydrogen) atoms. The summed E-state index contributed by atoms with van der Waals surface area (Å²) in [5.41, 5.74) is 0.625. The van der Waals surface area contributed by atoms with Crippen LogP contribution in [0.5, 0.6) is 0 Å². The fourth-order valence-electron chi connectivity index (χ4n) is 2.68. The molecular weight excluding hydrogens is 239 g/mol. The molecule has 0 radical (unpaired) electrons. The average molecular weight is 257 g/mol. The summed E-state index contributed by atoms with van der Waals surface area (Å²) in [7, 11) is 0. The second kappa shape index (κ2) is 4.92. The maximum Gasteiger partial charge on any atom is 0.416 e. The van der Waals surface area contributed by atoms with E-state index in [9.17, 15) is 13.2 Å². The summed E-state index contributed by atoms with van der Waals surface area (Å²) in [6.45, 7) is 5.35. The first-order valence-electron chi connectivity index (χ1n) is 6.28. The minimum atomic E-state index is -4.25. The molecule has 2 atom stereocenters. The van der Waals surface area contributed by atoms with Crippen LogP contribution in [0.25, 0.3) is 0 Å². The molecule has 1 aliphatic heterocycles. The Kier molecular flexibility index (Phi) is 3.66. The first-order valence-corrected chi connectivity index (χ1v) is 6.28. The fourth-order valence-corrected chi connectivity index (χ4v) is 2.68. The Hall–Kier alpha value is -1.03. The second-order valence-corrected chi connectivity index (χ2v) is 5.15. The summed E-state index contributed by atoms with van der Waals surface area (Å²) in [6.07, 6.45) is -3.35. The highest BCUT2D eigenvalue weighted by molar-refractivity contribution is 5.35. The van der Waals surface area contributed by atoms with Crippen molar-refractivity contribution in [1.29, 1.82) is 0 Å². The van der Waals surface area contributed by atoms with E-state index in [0.717, 1.165) is 25.1 Å². The summed E-state index contributed by atoms with van der Waals surface area (Å²) in [6, 6.07) is 4.77. The minimum Gasteiger partial charge on any atom is -0.316 e. The Balaban J connectivity index is 2.34. The monoisotopic (exact) mass is 257 g/mol. The van der Waals surface area contributed by atoms with Gasteiger partial charge in [0.1, 0.15) is 0 Å². The van der Waals surface area contributed by atoms with E-state index in [1.54, 1.807) is 6.07 Å². The molecule has 1 N–H and O–H groups in total. The van der Waals surface area contributed by atoms with E-state index in [-0.39, 0.29) is 5.92 Å². The first-order chi connectivity index (χ1) is 8.39. The Morgan fingerprint density at radius 3 is 2.61 bits per heavy atom. The normalized spacial score (nSPS) is 25.2. The number of alkyl halides is 3. The fraction of sp³-hybridized carbons (Fsp3) is 0.571. The van der Waals surface area contributed by atoms with Crippen LogP contribution < -0.4 is 5.32 Å². The number of hydrogen-bond donors (Lipinski definition) is 1. The second-order valence-electron chi connectivity index (χ2n) is 5.15. The summed E-state index contributed by atoms with van der Waals surface area (Å²) in [4.78, 5) is 0. The Bertz CT molecular complexity index is 426. The smallest absolute Gasteiger partial charge is 0.316 e. The van der Waals surface area contributed by atoms with Crippen molar-refractivity contribution in [3.63, 3.8) is 0 Å². The van der Waals surface area contributed by atoms with Crippen LogP contribution in [0.3, 0.4) is 0 Å². The molecule has 1 heterocycles. The van der Waals surface area contributed by atoms with Crippen molar-refractivity contribution in [3.8, 4) is 0 Å². The van der Waals surface area contributed by atoms with Gasteiger partial charge in [-0.2, -0.15) is 13.2 Å². The molecule has 1 saturated heterocycles. The number of benzene rings is 1. The van der Waals surface area contributed by atoms with Gasteiger partial charge in [0.05, 0.1) is 5.56 Å². The van der Waals surface area contributed by atoms with Gasteiger partial charge >= 0.3 is 6.18 Å². The van der Waals surface area contributed by atoms with Gasteiger partial charge < -0.3 is 5.32 Å². The van der Waals surface area contributed by atoms with Gasteiger partial charge in [0.2, 0.25) is 0 Å². The highest BCUT2D eigenvalue weighted by atomic mass is 19.4. The third-order valence-corrected chi connectivity index (χ3v) is 3.78. The SMILES string of the molecule is Cc1ccc([C@@H]2CCNC[C@@H]2C)cc1C(F)(F)F. The summed E-state index contributed by atoms with van der Waals surface area (Å²) in [5.74, 6) is 0.607. The van der Waals surface area contributed by atoms with Gasteiger partial charge in [0.15, 0.2) is 0 Å². The van der Waals surface area contributed by atoms with Gasteiger partial charge in [-0.3, -0.25) is 0 Å². The Labute approximate surface area is 105 Å². The molecule has 1 fully saturated rings. The van der Waals surface area contributed by atoms with Gasteiger partial charge in [-0.1, -0.05) is 19.1 Å². The van der Waals surface area contributed by atoms with Crippen LogP contribution in [0.1, 0.15) is 36.0 Å². The van der Waals surface area contributed by atoms with E-state index in [2.05, 4.69) is 12.2 Å². The van der Waals surface area contributed by atoms with Crippen molar-refractivity contribution in [2.75, 3.05) is 13.1 Å². The molecule has 4 heteroatoms. The lowest BCUT2D eigenvalue weighted by atomic mass is 9.81. The van der Waals surface area contributed by atoms with Crippen molar-refractivity contribution in [2.24, 2.45) is 5.92 Å². The highest BCUT2D eigenvalue weighted by Gasteiger charge is 2.33. The van der Waals surface area contributed by atoms with E-state index in [4.69, 9.17) is 0 Å². The molecule has 1 aromatic rings. The van der Waals surface area contributed by atoms with Crippen LogP contribution in [0.15, 0.2) is 18.2 Å². The Morgan fingerprint density at radius 1 is 1.28 bits per heavy atom. The van der Waals surface area contributed by atoms with Crippen LogP contribution in [0.2, 0.25) is 0 Å². The zero-order chi connectivity index (χ0) is 13.3. The third-order valence-electron chi connectivity index (χ3n) is 3.78. The molecule has 0 aliphatic carbocycles. The van der Waals surface area contributed by atoms with Gasteiger partial charge in [0.25, 0.3) is 0 Å². The van der Waals surface area contributed by atoms with E-state index in [1.165, 1.54) is 13.0 Å². The summed E-state index contributed by atoms with van der Waals surface area (Å²) < 4.78 is 38.6. The molecule has 0 bridgehead atoms. The molecule has 1 nitrogen and oxygen atoms in total. The number of rotatable bonds is 1.